The monoisotopic (exact) mass is 274 g/mol. The summed E-state index contributed by atoms with van der Waals surface area (Å²) in [5, 5.41) is 3.70. The van der Waals surface area contributed by atoms with Gasteiger partial charge in [-0.05, 0) is 50.8 Å². The summed E-state index contributed by atoms with van der Waals surface area (Å²) in [6, 6.07) is 9.65. The van der Waals surface area contributed by atoms with Crippen LogP contribution in [0, 0.1) is 12.8 Å². The van der Waals surface area contributed by atoms with Crippen LogP contribution in [-0.4, -0.2) is 37.1 Å². The first-order chi connectivity index (χ1) is 9.67. The van der Waals surface area contributed by atoms with E-state index >= 15 is 0 Å². The maximum absolute atomic E-state index is 3.70. The molecule has 20 heavy (non-hydrogen) atoms. The standard InChI is InChI=1S/C18H30N2/c1-4-18-9-11-20(14-16(3)13-19-18)10-8-17-7-5-6-15(2)12-17/h5-7,12,16,18-19H,4,8-11,13-14H2,1-3H3. The molecule has 0 radical (unpaired) electrons. The lowest BCUT2D eigenvalue weighted by Gasteiger charge is -2.32. The van der Waals surface area contributed by atoms with Crippen molar-refractivity contribution in [1.82, 2.24) is 10.2 Å². The molecule has 2 heteroatoms. The van der Waals surface area contributed by atoms with E-state index in [1.807, 2.05) is 0 Å². The van der Waals surface area contributed by atoms with Gasteiger partial charge in [-0.1, -0.05) is 43.7 Å². The first-order valence-electron chi connectivity index (χ1n) is 8.18. The van der Waals surface area contributed by atoms with Gasteiger partial charge in [0.15, 0.2) is 0 Å². The molecule has 0 saturated carbocycles. The van der Waals surface area contributed by atoms with Crippen molar-refractivity contribution in [1.29, 1.82) is 0 Å². The fourth-order valence-electron chi connectivity index (χ4n) is 3.11. The Labute approximate surface area is 124 Å². The predicted octanol–water partition coefficient (Wildman–Crippen LogP) is 3.25. The molecule has 2 nitrogen and oxygen atoms in total. The van der Waals surface area contributed by atoms with Crippen molar-refractivity contribution in [2.45, 2.75) is 46.1 Å². The Kier molecular flexibility index (Phi) is 6.06. The SMILES string of the molecule is CCC1CCN(CCc2cccc(C)c2)CC(C)CN1. The molecule has 2 unspecified atom stereocenters. The van der Waals surface area contributed by atoms with Crippen LogP contribution in [-0.2, 0) is 6.42 Å². The van der Waals surface area contributed by atoms with Crippen LogP contribution >= 0.6 is 0 Å². The smallest absolute Gasteiger partial charge is 0.00767 e. The quantitative estimate of drug-likeness (QED) is 0.906. The van der Waals surface area contributed by atoms with Gasteiger partial charge in [0.1, 0.15) is 0 Å². The number of hydrogen-bond acceptors (Lipinski definition) is 2. The number of aryl methyl sites for hydroxylation is 1. The van der Waals surface area contributed by atoms with Crippen molar-refractivity contribution in [2.24, 2.45) is 5.92 Å². The van der Waals surface area contributed by atoms with Crippen LogP contribution in [0.5, 0.6) is 0 Å². The molecule has 1 fully saturated rings. The molecule has 0 spiro atoms. The molecule has 1 heterocycles. The van der Waals surface area contributed by atoms with Crippen molar-refractivity contribution in [3.05, 3.63) is 35.4 Å². The lowest BCUT2D eigenvalue weighted by molar-refractivity contribution is 0.199. The minimum atomic E-state index is 0.708. The average Bonchev–Trinajstić information content (AvgIpc) is 2.42. The highest BCUT2D eigenvalue weighted by molar-refractivity contribution is 5.22. The van der Waals surface area contributed by atoms with E-state index in [0.717, 1.165) is 5.92 Å². The van der Waals surface area contributed by atoms with Crippen molar-refractivity contribution in [2.75, 3.05) is 26.2 Å². The second-order valence-electron chi connectivity index (χ2n) is 6.45. The van der Waals surface area contributed by atoms with E-state index < -0.39 is 0 Å². The summed E-state index contributed by atoms with van der Waals surface area (Å²) >= 11 is 0. The average molecular weight is 274 g/mol. The molecule has 2 atom stereocenters. The highest BCUT2D eigenvalue weighted by Crippen LogP contribution is 2.11. The lowest BCUT2D eigenvalue weighted by atomic mass is 10.0. The first kappa shape index (κ1) is 15.5. The molecule has 112 valence electrons. The summed E-state index contributed by atoms with van der Waals surface area (Å²) in [6.45, 7) is 11.7. The Morgan fingerprint density at radius 2 is 2.20 bits per heavy atom. The van der Waals surface area contributed by atoms with Crippen LogP contribution < -0.4 is 5.32 Å². The van der Waals surface area contributed by atoms with Gasteiger partial charge in [0.05, 0.1) is 0 Å². The molecular formula is C18H30N2. The van der Waals surface area contributed by atoms with Gasteiger partial charge in [-0.25, -0.2) is 0 Å². The topological polar surface area (TPSA) is 15.3 Å². The molecule has 0 aromatic heterocycles. The van der Waals surface area contributed by atoms with Gasteiger partial charge in [-0.2, -0.15) is 0 Å². The molecule has 0 amide bonds. The highest BCUT2D eigenvalue weighted by Gasteiger charge is 2.17. The molecule has 0 aliphatic carbocycles. The summed E-state index contributed by atoms with van der Waals surface area (Å²) in [6.07, 6.45) is 3.72. The van der Waals surface area contributed by atoms with Gasteiger partial charge in [0.2, 0.25) is 0 Å². The lowest BCUT2D eigenvalue weighted by Crippen LogP contribution is -2.43. The van der Waals surface area contributed by atoms with E-state index in [9.17, 15) is 0 Å². The maximum atomic E-state index is 3.70. The van der Waals surface area contributed by atoms with Gasteiger partial charge in [0.25, 0.3) is 0 Å². The molecule has 1 saturated heterocycles. The van der Waals surface area contributed by atoms with Crippen LogP contribution in [0.25, 0.3) is 0 Å². The first-order valence-corrected chi connectivity index (χ1v) is 8.18. The van der Waals surface area contributed by atoms with Gasteiger partial charge >= 0.3 is 0 Å². The molecule has 1 N–H and O–H groups in total. The zero-order valence-electron chi connectivity index (χ0n) is 13.4. The van der Waals surface area contributed by atoms with E-state index in [1.165, 1.54) is 56.6 Å². The molecule has 2 rings (SSSR count). The van der Waals surface area contributed by atoms with Gasteiger partial charge in [-0.15, -0.1) is 0 Å². The van der Waals surface area contributed by atoms with Gasteiger partial charge in [-0.3, -0.25) is 0 Å². The molecule has 1 aromatic carbocycles. The number of benzene rings is 1. The van der Waals surface area contributed by atoms with E-state index in [2.05, 4.69) is 55.3 Å². The largest absolute Gasteiger partial charge is 0.314 e. The number of hydrogen-bond donors (Lipinski definition) is 1. The third-order valence-corrected chi connectivity index (χ3v) is 4.41. The molecule has 1 aromatic rings. The van der Waals surface area contributed by atoms with E-state index in [0.29, 0.717) is 6.04 Å². The van der Waals surface area contributed by atoms with Crippen molar-refractivity contribution in [3.63, 3.8) is 0 Å². The zero-order chi connectivity index (χ0) is 14.4. The fraction of sp³-hybridized carbons (Fsp3) is 0.667. The zero-order valence-corrected chi connectivity index (χ0v) is 13.4. The predicted molar refractivity (Wildman–Crippen MR) is 87.2 cm³/mol. The van der Waals surface area contributed by atoms with Crippen LogP contribution in [0.1, 0.15) is 37.8 Å². The molecule has 1 aliphatic heterocycles. The van der Waals surface area contributed by atoms with Crippen LogP contribution in [0.2, 0.25) is 0 Å². The van der Waals surface area contributed by atoms with Crippen molar-refractivity contribution < 1.29 is 0 Å². The summed E-state index contributed by atoms with van der Waals surface area (Å²) in [7, 11) is 0. The molecule has 1 aliphatic rings. The second-order valence-corrected chi connectivity index (χ2v) is 6.45. The fourth-order valence-corrected chi connectivity index (χ4v) is 3.11. The van der Waals surface area contributed by atoms with Crippen LogP contribution in [0.3, 0.4) is 0 Å². The normalized spacial score (nSPS) is 25.1. The highest BCUT2D eigenvalue weighted by atomic mass is 15.1. The Balaban J connectivity index is 1.86. The Hall–Kier alpha value is -0.860. The second kappa shape index (κ2) is 7.80. The van der Waals surface area contributed by atoms with Gasteiger partial charge < -0.3 is 10.2 Å². The van der Waals surface area contributed by atoms with Crippen molar-refractivity contribution >= 4 is 0 Å². The van der Waals surface area contributed by atoms with Crippen LogP contribution in [0.4, 0.5) is 0 Å². The number of nitrogens with one attached hydrogen (secondary N) is 1. The third kappa shape index (κ3) is 4.92. The minimum absolute atomic E-state index is 0.708. The van der Waals surface area contributed by atoms with Crippen molar-refractivity contribution in [3.8, 4) is 0 Å². The number of rotatable bonds is 4. The Morgan fingerprint density at radius 1 is 1.35 bits per heavy atom. The Morgan fingerprint density at radius 3 is 2.95 bits per heavy atom. The third-order valence-electron chi connectivity index (χ3n) is 4.41. The van der Waals surface area contributed by atoms with Crippen LogP contribution in [0.15, 0.2) is 24.3 Å². The molecule has 0 bridgehead atoms. The summed E-state index contributed by atoms with van der Waals surface area (Å²) in [4.78, 5) is 2.66. The molecular weight excluding hydrogens is 244 g/mol. The van der Waals surface area contributed by atoms with E-state index in [4.69, 9.17) is 0 Å². The van der Waals surface area contributed by atoms with Gasteiger partial charge in [0, 0.05) is 19.1 Å². The number of nitrogens with zero attached hydrogens (tertiary/aromatic N) is 1. The van der Waals surface area contributed by atoms with E-state index in [1.54, 1.807) is 0 Å². The summed E-state index contributed by atoms with van der Waals surface area (Å²) in [5.41, 5.74) is 2.85. The summed E-state index contributed by atoms with van der Waals surface area (Å²) in [5.74, 6) is 0.752. The summed E-state index contributed by atoms with van der Waals surface area (Å²) < 4.78 is 0. The van der Waals surface area contributed by atoms with E-state index in [-0.39, 0.29) is 0 Å². The maximum Gasteiger partial charge on any atom is 0.00767 e. The minimum Gasteiger partial charge on any atom is -0.314 e. The Bertz CT molecular complexity index is 402.